The highest BCUT2D eigenvalue weighted by atomic mass is 32.2. The van der Waals surface area contributed by atoms with E-state index in [1.165, 1.54) is 4.31 Å². The van der Waals surface area contributed by atoms with Crippen LogP contribution in [0.2, 0.25) is 0 Å². The Morgan fingerprint density at radius 1 is 1.11 bits per heavy atom. The van der Waals surface area contributed by atoms with Gasteiger partial charge in [0.1, 0.15) is 18.4 Å². The molecule has 1 amide bonds. The minimum atomic E-state index is -3.61. The Morgan fingerprint density at radius 3 is 2.30 bits per heavy atom. The number of carbonyl (C=O) groups is 1. The van der Waals surface area contributed by atoms with Crippen molar-refractivity contribution < 1.29 is 17.9 Å². The Morgan fingerprint density at radius 2 is 1.74 bits per heavy atom. The first-order valence-corrected chi connectivity index (χ1v) is 10.7. The highest BCUT2D eigenvalue weighted by Gasteiger charge is 2.31. The fraction of sp³-hybridized carbons (Fsp3) is 0.350. The summed E-state index contributed by atoms with van der Waals surface area (Å²) >= 11 is 0. The summed E-state index contributed by atoms with van der Waals surface area (Å²) in [5, 5.41) is 2.77. The molecule has 0 aromatic heterocycles. The van der Waals surface area contributed by atoms with Crippen LogP contribution >= 0.6 is 0 Å². The maximum atomic E-state index is 12.6. The Labute approximate surface area is 161 Å². The summed E-state index contributed by atoms with van der Waals surface area (Å²) in [6.07, 6.45) is 1.46. The van der Waals surface area contributed by atoms with Crippen molar-refractivity contribution in [1.82, 2.24) is 5.32 Å². The first-order chi connectivity index (χ1) is 12.8. The number of nitrogens with one attached hydrogen (secondary N) is 1. The summed E-state index contributed by atoms with van der Waals surface area (Å²) in [6.45, 7) is 4.37. The molecule has 0 spiro atoms. The van der Waals surface area contributed by atoms with Gasteiger partial charge >= 0.3 is 0 Å². The van der Waals surface area contributed by atoms with Crippen LogP contribution in [0.4, 0.5) is 5.69 Å². The van der Waals surface area contributed by atoms with Crippen molar-refractivity contribution in [3.63, 3.8) is 0 Å². The van der Waals surface area contributed by atoms with Gasteiger partial charge < -0.3 is 10.1 Å². The number of aryl methyl sites for hydroxylation is 1. The maximum Gasteiger partial charge on any atom is 0.244 e. The number of sulfonamides is 1. The molecule has 0 unspecified atom stereocenters. The number of nitrogens with zero attached hydrogens (tertiary/aromatic N) is 1. The van der Waals surface area contributed by atoms with E-state index < -0.39 is 16.1 Å². The third kappa shape index (κ3) is 5.99. The van der Waals surface area contributed by atoms with Gasteiger partial charge in [-0.25, -0.2) is 8.42 Å². The fourth-order valence-corrected chi connectivity index (χ4v) is 3.94. The van der Waals surface area contributed by atoms with E-state index in [1.54, 1.807) is 37.3 Å². The Bertz CT molecular complexity index is 836. The van der Waals surface area contributed by atoms with Gasteiger partial charge in [0.05, 0.1) is 18.5 Å². The highest BCUT2D eigenvalue weighted by molar-refractivity contribution is 7.92. The van der Waals surface area contributed by atoms with Crippen LogP contribution in [0.25, 0.3) is 0 Å². The van der Waals surface area contributed by atoms with Crippen molar-refractivity contribution in [2.45, 2.75) is 26.3 Å². The molecule has 7 heteroatoms. The number of hydrogen-bond acceptors (Lipinski definition) is 4. The summed E-state index contributed by atoms with van der Waals surface area (Å²) in [6, 6.07) is 15.5. The fourth-order valence-electron chi connectivity index (χ4n) is 2.73. The minimum Gasteiger partial charge on any atom is -0.492 e. The zero-order chi connectivity index (χ0) is 19.9. The average Bonchev–Trinajstić information content (AvgIpc) is 2.64. The third-order valence-electron chi connectivity index (χ3n) is 4.03. The van der Waals surface area contributed by atoms with Crippen LogP contribution in [-0.4, -0.2) is 39.8 Å². The lowest BCUT2D eigenvalue weighted by Crippen LogP contribution is -2.49. The summed E-state index contributed by atoms with van der Waals surface area (Å²) in [5.74, 6) is 0.378. The van der Waals surface area contributed by atoms with Gasteiger partial charge in [0.15, 0.2) is 0 Å². The number of benzene rings is 2. The molecule has 0 aliphatic rings. The first-order valence-electron chi connectivity index (χ1n) is 8.84. The Balaban J connectivity index is 1.99. The molecule has 1 atom stereocenters. The SMILES string of the molecule is CC[C@@H](C(=O)NCCOc1ccc(C)cc1)N(c1ccccc1)S(C)(=O)=O. The molecule has 0 saturated carbocycles. The number of amides is 1. The average molecular weight is 391 g/mol. The molecule has 0 bridgehead atoms. The monoisotopic (exact) mass is 390 g/mol. The van der Waals surface area contributed by atoms with Gasteiger partial charge in [-0.15, -0.1) is 0 Å². The van der Waals surface area contributed by atoms with Gasteiger partial charge in [0, 0.05) is 0 Å². The van der Waals surface area contributed by atoms with Crippen LogP contribution in [0.5, 0.6) is 5.75 Å². The van der Waals surface area contributed by atoms with Crippen molar-refractivity contribution in [3.05, 3.63) is 60.2 Å². The van der Waals surface area contributed by atoms with Gasteiger partial charge in [0.2, 0.25) is 15.9 Å². The zero-order valence-electron chi connectivity index (χ0n) is 15.9. The molecule has 6 nitrogen and oxygen atoms in total. The van der Waals surface area contributed by atoms with E-state index >= 15 is 0 Å². The van der Waals surface area contributed by atoms with E-state index in [4.69, 9.17) is 4.74 Å². The van der Waals surface area contributed by atoms with E-state index in [1.807, 2.05) is 31.2 Å². The van der Waals surface area contributed by atoms with Crippen molar-refractivity contribution in [2.24, 2.45) is 0 Å². The number of hydrogen-bond donors (Lipinski definition) is 1. The van der Waals surface area contributed by atoms with Crippen molar-refractivity contribution in [1.29, 1.82) is 0 Å². The molecule has 0 aliphatic heterocycles. The largest absolute Gasteiger partial charge is 0.492 e. The summed E-state index contributed by atoms with van der Waals surface area (Å²) < 4.78 is 31.4. The molecular weight excluding hydrogens is 364 g/mol. The van der Waals surface area contributed by atoms with Gasteiger partial charge in [-0.1, -0.05) is 42.8 Å². The van der Waals surface area contributed by atoms with Gasteiger partial charge in [-0.3, -0.25) is 9.10 Å². The highest BCUT2D eigenvalue weighted by Crippen LogP contribution is 2.22. The summed E-state index contributed by atoms with van der Waals surface area (Å²) in [5.41, 5.74) is 1.61. The minimum absolute atomic E-state index is 0.287. The van der Waals surface area contributed by atoms with E-state index in [9.17, 15) is 13.2 Å². The number of rotatable bonds is 9. The second-order valence-corrected chi connectivity index (χ2v) is 8.13. The predicted octanol–water partition coefficient (Wildman–Crippen LogP) is 2.73. The molecule has 146 valence electrons. The van der Waals surface area contributed by atoms with Crippen LogP contribution in [0, 0.1) is 6.92 Å². The second kappa shape index (κ2) is 9.41. The number of ether oxygens (including phenoxy) is 1. The van der Waals surface area contributed by atoms with E-state index in [-0.39, 0.29) is 12.5 Å². The molecule has 27 heavy (non-hydrogen) atoms. The standard InChI is InChI=1S/C20H26N2O4S/c1-4-19(22(27(3,24)25)17-8-6-5-7-9-17)20(23)21-14-15-26-18-12-10-16(2)11-13-18/h5-13,19H,4,14-15H2,1-3H3,(H,21,23)/t19-/m0/s1. The molecule has 0 saturated heterocycles. The zero-order valence-corrected chi connectivity index (χ0v) is 16.7. The quantitative estimate of drug-likeness (QED) is 0.668. The molecule has 2 aromatic rings. The molecule has 0 aliphatic carbocycles. The summed E-state index contributed by atoms with van der Waals surface area (Å²) in [7, 11) is -3.61. The van der Waals surface area contributed by atoms with Gasteiger partial charge in [-0.2, -0.15) is 0 Å². The molecule has 0 radical (unpaired) electrons. The lowest BCUT2D eigenvalue weighted by Gasteiger charge is -2.30. The third-order valence-corrected chi connectivity index (χ3v) is 5.21. The normalized spacial score (nSPS) is 12.3. The van der Waals surface area contributed by atoms with Crippen LogP contribution in [0.15, 0.2) is 54.6 Å². The summed E-state index contributed by atoms with van der Waals surface area (Å²) in [4.78, 5) is 12.6. The Hall–Kier alpha value is -2.54. The number of anilines is 1. The molecule has 0 heterocycles. The smallest absolute Gasteiger partial charge is 0.244 e. The van der Waals surface area contributed by atoms with E-state index in [2.05, 4.69) is 5.32 Å². The van der Waals surface area contributed by atoms with Crippen LogP contribution < -0.4 is 14.4 Å². The Kier molecular flexibility index (Phi) is 7.24. The van der Waals surface area contributed by atoms with Gasteiger partial charge in [0.25, 0.3) is 0 Å². The molecule has 2 rings (SSSR count). The van der Waals surface area contributed by atoms with Crippen molar-refractivity contribution in [3.8, 4) is 5.75 Å². The second-order valence-electron chi connectivity index (χ2n) is 6.27. The van der Waals surface area contributed by atoms with Crippen molar-refractivity contribution >= 4 is 21.6 Å². The van der Waals surface area contributed by atoms with Crippen LogP contribution in [0.3, 0.4) is 0 Å². The van der Waals surface area contributed by atoms with E-state index in [0.29, 0.717) is 18.7 Å². The van der Waals surface area contributed by atoms with Crippen LogP contribution in [-0.2, 0) is 14.8 Å². The van der Waals surface area contributed by atoms with Crippen molar-refractivity contribution in [2.75, 3.05) is 23.7 Å². The topological polar surface area (TPSA) is 75.7 Å². The number of carbonyl (C=O) groups excluding carboxylic acids is 1. The molecule has 2 aromatic carbocycles. The van der Waals surface area contributed by atoms with Crippen LogP contribution in [0.1, 0.15) is 18.9 Å². The first kappa shape index (κ1) is 20.8. The van der Waals surface area contributed by atoms with E-state index in [0.717, 1.165) is 17.6 Å². The molecule has 0 fully saturated rings. The molecule has 1 N–H and O–H groups in total. The lowest BCUT2D eigenvalue weighted by molar-refractivity contribution is -0.122. The maximum absolute atomic E-state index is 12.6. The number of para-hydroxylation sites is 1. The van der Waals surface area contributed by atoms with Gasteiger partial charge in [-0.05, 0) is 37.6 Å². The lowest BCUT2D eigenvalue weighted by atomic mass is 10.2. The molecular formula is C20H26N2O4S. The predicted molar refractivity (Wildman–Crippen MR) is 108 cm³/mol.